The Balaban J connectivity index is 3.18. The van der Waals surface area contributed by atoms with Crippen LogP contribution in [0.15, 0.2) is 0 Å². The summed E-state index contributed by atoms with van der Waals surface area (Å²) >= 11 is 0. The van der Waals surface area contributed by atoms with Crippen molar-refractivity contribution in [3.63, 3.8) is 0 Å². The maximum Gasteiger partial charge on any atom is 0.321 e. The highest BCUT2D eigenvalue weighted by molar-refractivity contribution is 5.99. The lowest BCUT2D eigenvalue weighted by Gasteiger charge is -2.43. The Labute approximate surface area is 82.9 Å². The van der Waals surface area contributed by atoms with E-state index < -0.39 is 22.8 Å². The molecule has 80 valence electrons. The smallest absolute Gasteiger partial charge is 0.321 e. The van der Waals surface area contributed by atoms with E-state index >= 15 is 0 Å². The molecule has 4 nitrogen and oxygen atoms in total. The van der Waals surface area contributed by atoms with Crippen LogP contribution in [0.25, 0.3) is 0 Å². The number of rotatable bonds is 2. The molecule has 0 saturated heterocycles. The Morgan fingerprint density at radius 2 is 1.43 bits per heavy atom. The molecule has 1 saturated carbocycles. The number of hydrogen-bond acceptors (Lipinski definition) is 2. The predicted octanol–water partition coefficient (Wildman–Crippen LogP) is 1.74. The van der Waals surface area contributed by atoms with Gasteiger partial charge in [-0.05, 0) is 18.3 Å². The number of carbonyl (C=O) groups is 2. The van der Waals surface area contributed by atoms with E-state index in [0.717, 1.165) is 6.42 Å². The highest BCUT2D eigenvalue weighted by Crippen LogP contribution is 2.50. The van der Waals surface area contributed by atoms with Crippen molar-refractivity contribution in [2.75, 3.05) is 0 Å². The lowest BCUT2D eigenvalue weighted by Crippen LogP contribution is -2.52. The predicted molar refractivity (Wildman–Crippen MR) is 50.0 cm³/mol. The monoisotopic (exact) mass is 200 g/mol. The number of aliphatic carboxylic acids is 2. The molecule has 0 bridgehead atoms. The standard InChI is InChI=1S/C10H16O4/c1-9(2)5-3-4-6-10(9,7(11)12)8(13)14/h3-6H2,1-2H3,(H,11,12)(H,13,14). The molecule has 14 heavy (non-hydrogen) atoms. The maximum absolute atomic E-state index is 11.2. The first-order chi connectivity index (χ1) is 6.34. The normalized spacial score (nSPS) is 24.1. The van der Waals surface area contributed by atoms with Crippen LogP contribution in [-0.4, -0.2) is 22.2 Å². The van der Waals surface area contributed by atoms with E-state index in [0.29, 0.717) is 12.8 Å². The summed E-state index contributed by atoms with van der Waals surface area (Å²) in [5.74, 6) is -2.40. The third-order valence-electron chi connectivity index (χ3n) is 3.49. The second-order valence-corrected chi connectivity index (χ2v) is 4.61. The van der Waals surface area contributed by atoms with Gasteiger partial charge in [-0.1, -0.05) is 26.7 Å². The van der Waals surface area contributed by atoms with Crippen molar-refractivity contribution in [2.24, 2.45) is 10.8 Å². The van der Waals surface area contributed by atoms with Crippen molar-refractivity contribution in [1.82, 2.24) is 0 Å². The van der Waals surface area contributed by atoms with Crippen molar-refractivity contribution in [3.8, 4) is 0 Å². The quantitative estimate of drug-likeness (QED) is 0.666. The molecule has 4 heteroatoms. The first-order valence-corrected chi connectivity index (χ1v) is 4.81. The minimum Gasteiger partial charge on any atom is -0.480 e. The summed E-state index contributed by atoms with van der Waals surface area (Å²) < 4.78 is 0. The van der Waals surface area contributed by atoms with Crippen LogP contribution in [0.1, 0.15) is 39.5 Å². The molecule has 0 unspecified atom stereocenters. The fraction of sp³-hybridized carbons (Fsp3) is 0.800. The molecular formula is C10H16O4. The van der Waals surface area contributed by atoms with Crippen LogP contribution in [0.2, 0.25) is 0 Å². The molecule has 2 N–H and O–H groups in total. The molecule has 0 heterocycles. The van der Waals surface area contributed by atoms with Crippen molar-refractivity contribution in [2.45, 2.75) is 39.5 Å². The van der Waals surface area contributed by atoms with Crippen molar-refractivity contribution in [3.05, 3.63) is 0 Å². The van der Waals surface area contributed by atoms with E-state index in [9.17, 15) is 9.59 Å². The van der Waals surface area contributed by atoms with E-state index in [2.05, 4.69) is 0 Å². The third-order valence-corrected chi connectivity index (χ3v) is 3.49. The van der Waals surface area contributed by atoms with Gasteiger partial charge in [0.15, 0.2) is 5.41 Å². The number of hydrogen-bond donors (Lipinski definition) is 2. The van der Waals surface area contributed by atoms with Gasteiger partial charge in [0.05, 0.1) is 0 Å². The van der Waals surface area contributed by atoms with Crippen molar-refractivity contribution in [1.29, 1.82) is 0 Å². The van der Waals surface area contributed by atoms with Gasteiger partial charge >= 0.3 is 11.9 Å². The molecule has 0 aliphatic heterocycles. The second-order valence-electron chi connectivity index (χ2n) is 4.61. The molecule has 1 fully saturated rings. The maximum atomic E-state index is 11.2. The molecule has 0 atom stereocenters. The first kappa shape index (κ1) is 11.0. The molecule has 0 spiro atoms. The minimum atomic E-state index is -1.59. The first-order valence-electron chi connectivity index (χ1n) is 4.81. The van der Waals surface area contributed by atoms with E-state index in [1.165, 1.54) is 0 Å². The largest absolute Gasteiger partial charge is 0.480 e. The summed E-state index contributed by atoms with van der Waals surface area (Å²) in [5, 5.41) is 18.2. The summed E-state index contributed by atoms with van der Waals surface area (Å²) in [7, 11) is 0. The lowest BCUT2D eigenvalue weighted by atomic mass is 9.57. The summed E-state index contributed by atoms with van der Waals surface area (Å²) in [6.45, 7) is 3.46. The van der Waals surface area contributed by atoms with Crippen molar-refractivity contribution < 1.29 is 19.8 Å². The average Bonchev–Trinajstić information content (AvgIpc) is 2.02. The Kier molecular flexibility index (Phi) is 2.56. The highest BCUT2D eigenvalue weighted by Gasteiger charge is 2.58. The van der Waals surface area contributed by atoms with Gasteiger partial charge in [0.1, 0.15) is 0 Å². The van der Waals surface area contributed by atoms with Crippen LogP contribution in [-0.2, 0) is 9.59 Å². The van der Waals surface area contributed by atoms with Crippen LogP contribution >= 0.6 is 0 Å². The van der Waals surface area contributed by atoms with Gasteiger partial charge in [-0.15, -0.1) is 0 Å². The van der Waals surface area contributed by atoms with Crippen LogP contribution in [0, 0.1) is 10.8 Å². The van der Waals surface area contributed by atoms with E-state index in [4.69, 9.17) is 10.2 Å². The zero-order chi connectivity index (χ0) is 11.0. The zero-order valence-electron chi connectivity index (χ0n) is 8.54. The topological polar surface area (TPSA) is 74.6 Å². The van der Waals surface area contributed by atoms with Crippen molar-refractivity contribution >= 4 is 11.9 Å². The van der Waals surface area contributed by atoms with Crippen LogP contribution in [0.4, 0.5) is 0 Å². The van der Waals surface area contributed by atoms with Gasteiger partial charge in [0.2, 0.25) is 0 Å². The SMILES string of the molecule is CC1(C)CCCCC1(C(=O)O)C(=O)O. The number of carboxylic acid groups (broad SMARTS) is 2. The Morgan fingerprint density at radius 3 is 1.71 bits per heavy atom. The van der Waals surface area contributed by atoms with Crippen LogP contribution < -0.4 is 0 Å². The fourth-order valence-electron chi connectivity index (χ4n) is 2.39. The van der Waals surface area contributed by atoms with Gasteiger partial charge in [0, 0.05) is 0 Å². The molecule has 0 amide bonds. The van der Waals surface area contributed by atoms with Gasteiger partial charge in [0.25, 0.3) is 0 Å². The van der Waals surface area contributed by atoms with Gasteiger partial charge < -0.3 is 10.2 Å². The number of carboxylic acids is 2. The fourth-order valence-corrected chi connectivity index (χ4v) is 2.39. The molecule has 0 aromatic heterocycles. The van der Waals surface area contributed by atoms with E-state index in [1.54, 1.807) is 13.8 Å². The molecule has 1 aliphatic rings. The van der Waals surface area contributed by atoms with Gasteiger partial charge in [-0.3, -0.25) is 9.59 Å². The van der Waals surface area contributed by atoms with Crippen LogP contribution in [0.3, 0.4) is 0 Å². The summed E-state index contributed by atoms with van der Waals surface area (Å²) in [6, 6.07) is 0. The third kappa shape index (κ3) is 1.29. The summed E-state index contributed by atoms with van der Waals surface area (Å²) in [5.41, 5.74) is -2.26. The van der Waals surface area contributed by atoms with Gasteiger partial charge in [-0.2, -0.15) is 0 Å². The van der Waals surface area contributed by atoms with E-state index in [1.807, 2.05) is 0 Å². The molecule has 0 aromatic carbocycles. The van der Waals surface area contributed by atoms with Gasteiger partial charge in [-0.25, -0.2) is 0 Å². The Hall–Kier alpha value is -1.06. The average molecular weight is 200 g/mol. The molecule has 1 aliphatic carbocycles. The molecule has 0 aromatic rings. The Morgan fingerprint density at radius 1 is 1.00 bits per heavy atom. The molecule has 0 radical (unpaired) electrons. The highest BCUT2D eigenvalue weighted by atomic mass is 16.4. The Bertz CT molecular complexity index is 253. The van der Waals surface area contributed by atoms with Crippen LogP contribution in [0.5, 0.6) is 0 Å². The second kappa shape index (κ2) is 3.26. The van der Waals surface area contributed by atoms with E-state index in [-0.39, 0.29) is 6.42 Å². The minimum absolute atomic E-state index is 0.241. The zero-order valence-corrected chi connectivity index (χ0v) is 8.54. The summed E-state index contributed by atoms with van der Waals surface area (Å²) in [4.78, 5) is 22.3. The lowest BCUT2D eigenvalue weighted by molar-refractivity contribution is -0.178. The summed E-state index contributed by atoms with van der Waals surface area (Å²) in [6.07, 6.45) is 2.49. The molecular weight excluding hydrogens is 184 g/mol. The molecule has 1 rings (SSSR count).